The van der Waals surface area contributed by atoms with Gasteiger partial charge in [-0.25, -0.2) is 21.6 Å². The molecule has 0 radical (unpaired) electrons. The smallest absolute Gasteiger partial charge is 0.269 e. The van der Waals surface area contributed by atoms with Gasteiger partial charge in [0.2, 0.25) is 0 Å². The summed E-state index contributed by atoms with van der Waals surface area (Å²) in [6.07, 6.45) is 3.06. The lowest BCUT2D eigenvalue weighted by atomic mass is 10.1. The second-order valence-electron chi connectivity index (χ2n) is 7.93. The Balaban J connectivity index is 1.45. The predicted octanol–water partition coefficient (Wildman–Crippen LogP) is 4.17. The van der Waals surface area contributed by atoms with Gasteiger partial charge in [-0.2, -0.15) is 0 Å². The van der Waals surface area contributed by atoms with Crippen LogP contribution in [0.1, 0.15) is 11.1 Å². The average Bonchev–Trinajstić information content (AvgIpc) is 3.53. The van der Waals surface area contributed by atoms with E-state index in [4.69, 9.17) is 0 Å². The maximum atomic E-state index is 13.6. The quantitative estimate of drug-likeness (QED) is 0.382. The number of hydrogen-bond donors (Lipinski definition) is 1. The zero-order valence-electron chi connectivity index (χ0n) is 18.3. The van der Waals surface area contributed by atoms with Gasteiger partial charge >= 0.3 is 0 Å². The van der Waals surface area contributed by atoms with Gasteiger partial charge in [0.1, 0.15) is 4.21 Å². The highest BCUT2D eigenvalue weighted by Crippen LogP contribution is 2.37. The third-order valence-corrected chi connectivity index (χ3v) is 10.2. The molecule has 0 atom stereocenters. The molecular formula is C25H20N2O5S3. The Morgan fingerprint density at radius 3 is 2.49 bits per heavy atom. The van der Waals surface area contributed by atoms with E-state index < -0.39 is 26.0 Å². The molecule has 0 spiro atoms. The largest absolute Gasteiger partial charge is 0.273 e. The molecule has 7 nitrogen and oxygen atoms in total. The molecule has 1 aliphatic rings. The molecule has 1 N–H and O–H groups in total. The van der Waals surface area contributed by atoms with E-state index in [0.29, 0.717) is 17.7 Å². The third kappa shape index (κ3) is 4.47. The zero-order valence-corrected chi connectivity index (χ0v) is 20.7. The molecule has 1 amide bonds. The minimum absolute atomic E-state index is 0.0347. The van der Waals surface area contributed by atoms with Gasteiger partial charge in [-0.3, -0.25) is 9.10 Å². The molecule has 1 aliphatic heterocycles. The monoisotopic (exact) mass is 524 g/mol. The molecule has 10 heteroatoms. The summed E-state index contributed by atoms with van der Waals surface area (Å²) in [6.45, 7) is 0.272. The maximum Gasteiger partial charge on any atom is 0.273 e. The number of para-hydroxylation sites is 1. The van der Waals surface area contributed by atoms with Gasteiger partial charge in [-0.15, -0.1) is 11.3 Å². The molecule has 3 aromatic carbocycles. The minimum Gasteiger partial charge on any atom is -0.269 e. The number of benzene rings is 3. The highest BCUT2D eigenvalue weighted by molar-refractivity contribution is 7.93. The standard InChI is InChI=1S/C25H20N2O5S3/c28-23(26-34(29,30)24-9-4-16-33-24)13-11-19-7-3-8-20-14-15-27(25(19)20)35(31,32)22-12-10-18-5-1-2-6-21(18)17-22/h1-13,16-17H,14-15H2,(H,26,28)/b13-11+. The molecule has 35 heavy (non-hydrogen) atoms. The normalized spacial score (nSPS) is 13.9. The first-order valence-electron chi connectivity index (χ1n) is 10.7. The van der Waals surface area contributed by atoms with Crippen molar-refractivity contribution in [1.29, 1.82) is 0 Å². The van der Waals surface area contributed by atoms with Crippen molar-refractivity contribution < 1.29 is 21.6 Å². The first-order chi connectivity index (χ1) is 16.8. The highest BCUT2D eigenvalue weighted by atomic mass is 32.2. The molecular weight excluding hydrogens is 504 g/mol. The van der Waals surface area contributed by atoms with E-state index in [1.54, 1.807) is 41.8 Å². The number of thiophene rings is 1. The molecule has 0 unspecified atom stereocenters. The number of carbonyl (C=O) groups excluding carboxylic acids is 1. The summed E-state index contributed by atoms with van der Waals surface area (Å²) in [5.74, 6) is -0.821. The van der Waals surface area contributed by atoms with E-state index in [0.717, 1.165) is 33.7 Å². The van der Waals surface area contributed by atoms with Crippen molar-refractivity contribution in [1.82, 2.24) is 4.72 Å². The lowest BCUT2D eigenvalue weighted by Gasteiger charge is -2.21. The van der Waals surface area contributed by atoms with Crippen LogP contribution in [0.3, 0.4) is 0 Å². The molecule has 1 aromatic heterocycles. The van der Waals surface area contributed by atoms with Crippen LogP contribution in [0.25, 0.3) is 16.8 Å². The summed E-state index contributed by atoms with van der Waals surface area (Å²) >= 11 is 1.00. The van der Waals surface area contributed by atoms with Crippen molar-refractivity contribution in [2.45, 2.75) is 15.5 Å². The van der Waals surface area contributed by atoms with Crippen molar-refractivity contribution in [2.75, 3.05) is 10.8 Å². The van der Waals surface area contributed by atoms with Crippen molar-refractivity contribution in [3.8, 4) is 0 Å². The molecule has 0 aliphatic carbocycles. The van der Waals surface area contributed by atoms with Crippen LogP contribution in [0.15, 0.2) is 93.4 Å². The fourth-order valence-corrected chi connectivity index (χ4v) is 7.58. The Kier molecular flexibility index (Phi) is 5.96. The van der Waals surface area contributed by atoms with E-state index >= 15 is 0 Å². The average molecular weight is 525 g/mol. The molecule has 5 rings (SSSR count). The Hall–Kier alpha value is -3.47. The van der Waals surface area contributed by atoms with E-state index in [9.17, 15) is 21.6 Å². The van der Waals surface area contributed by atoms with Gasteiger partial charge in [-0.1, -0.05) is 54.6 Å². The number of hydrogen-bond acceptors (Lipinski definition) is 6. The van der Waals surface area contributed by atoms with Crippen LogP contribution >= 0.6 is 11.3 Å². The summed E-state index contributed by atoms with van der Waals surface area (Å²) in [5.41, 5.74) is 1.84. The summed E-state index contributed by atoms with van der Waals surface area (Å²) < 4.78 is 55.2. The van der Waals surface area contributed by atoms with E-state index in [2.05, 4.69) is 0 Å². The predicted molar refractivity (Wildman–Crippen MR) is 137 cm³/mol. The Morgan fingerprint density at radius 1 is 0.914 bits per heavy atom. The topological polar surface area (TPSA) is 101 Å². The van der Waals surface area contributed by atoms with Crippen molar-refractivity contribution in [3.05, 3.63) is 95.4 Å². The van der Waals surface area contributed by atoms with Gasteiger partial charge in [0.25, 0.3) is 26.0 Å². The van der Waals surface area contributed by atoms with E-state index in [1.807, 2.05) is 35.1 Å². The lowest BCUT2D eigenvalue weighted by molar-refractivity contribution is -0.114. The first-order valence-corrected chi connectivity index (χ1v) is 14.5. The van der Waals surface area contributed by atoms with Crippen LogP contribution in [-0.2, 0) is 31.3 Å². The zero-order chi connectivity index (χ0) is 24.6. The number of sulfonamides is 2. The van der Waals surface area contributed by atoms with Crippen LogP contribution in [0.4, 0.5) is 5.69 Å². The van der Waals surface area contributed by atoms with Gasteiger partial charge in [-0.05, 0) is 58.0 Å². The molecule has 4 aromatic rings. The minimum atomic E-state index is -3.96. The Labute approximate surface area is 207 Å². The highest BCUT2D eigenvalue weighted by Gasteiger charge is 2.32. The molecule has 0 saturated carbocycles. The van der Waals surface area contributed by atoms with Crippen LogP contribution < -0.4 is 9.03 Å². The Bertz CT molecular complexity index is 1680. The SMILES string of the molecule is O=C(/C=C/c1cccc2c1N(S(=O)(=O)c1ccc3ccccc3c1)CC2)NS(=O)(=O)c1cccs1. The molecule has 0 fully saturated rings. The van der Waals surface area contributed by atoms with Crippen molar-refractivity contribution >= 4 is 59.8 Å². The van der Waals surface area contributed by atoms with Gasteiger partial charge in [0, 0.05) is 12.6 Å². The van der Waals surface area contributed by atoms with Crippen LogP contribution in [0.2, 0.25) is 0 Å². The molecule has 0 bridgehead atoms. The van der Waals surface area contributed by atoms with E-state index in [-0.39, 0.29) is 15.6 Å². The maximum absolute atomic E-state index is 13.6. The fourth-order valence-electron chi connectivity index (χ4n) is 4.08. The second kappa shape index (κ2) is 8.95. The van der Waals surface area contributed by atoms with Gasteiger partial charge in [0.05, 0.1) is 10.6 Å². The second-order valence-corrected chi connectivity index (χ2v) is 12.6. The number of carbonyl (C=O) groups is 1. The number of nitrogens with zero attached hydrogens (tertiary/aromatic N) is 1. The number of fused-ring (bicyclic) bond motifs is 2. The third-order valence-electron chi connectivity index (χ3n) is 5.70. The van der Waals surface area contributed by atoms with E-state index in [1.165, 1.54) is 16.4 Å². The van der Waals surface area contributed by atoms with Crippen LogP contribution in [-0.4, -0.2) is 29.3 Å². The summed E-state index contributed by atoms with van der Waals surface area (Å²) in [7, 11) is -7.82. The number of anilines is 1. The summed E-state index contributed by atoms with van der Waals surface area (Å²) in [5, 5.41) is 3.37. The first kappa shape index (κ1) is 23.3. The fraction of sp³-hybridized carbons (Fsp3) is 0.0800. The molecule has 178 valence electrons. The number of rotatable bonds is 6. The summed E-state index contributed by atoms with van der Waals surface area (Å²) in [6, 6.07) is 20.9. The molecule has 0 saturated heterocycles. The Morgan fingerprint density at radius 2 is 1.71 bits per heavy atom. The lowest BCUT2D eigenvalue weighted by Crippen LogP contribution is -2.29. The van der Waals surface area contributed by atoms with Crippen molar-refractivity contribution in [3.63, 3.8) is 0 Å². The summed E-state index contributed by atoms with van der Waals surface area (Å²) in [4.78, 5) is 12.5. The van der Waals surface area contributed by atoms with Gasteiger partial charge in [0.15, 0.2) is 0 Å². The van der Waals surface area contributed by atoms with Crippen molar-refractivity contribution in [2.24, 2.45) is 0 Å². The number of nitrogens with one attached hydrogen (secondary N) is 1. The van der Waals surface area contributed by atoms with Crippen LogP contribution in [0.5, 0.6) is 0 Å². The number of amides is 1. The van der Waals surface area contributed by atoms with Crippen LogP contribution in [0, 0.1) is 0 Å². The molecule has 2 heterocycles. The van der Waals surface area contributed by atoms with Gasteiger partial charge < -0.3 is 0 Å².